The Labute approximate surface area is 181 Å². The Morgan fingerprint density at radius 3 is 2.21 bits per heavy atom. The van der Waals surface area contributed by atoms with Crippen molar-refractivity contribution in [1.29, 1.82) is 0 Å². The zero-order chi connectivity index (χ0) is 21.4. The van der Waals surface area contributed by atoms with Crippen LogP contribution in [0.25, 0.3) is 0 Å². The SMILES string of the molecule is COc1cc(C#CC(=O)N(CCc2ccccc2Br)C(C)C)cc(OC)c1OC. The Kier molecular flexibility index (Phi) is 8.41. The van der Waals surface area contributed by atoms with Gasteiger partial charge in [0.05, 0.1) is 21.3 Å². The lowest BCUT2D eigenvalue weighted by atomic mass is 10.1. The van der Waals surface area contributed by atoms with Gasteiger partial charge in [0.15, 0.2) is 11.5 Å². The maximum atomic E-state index is 12.7. The largest absolute Gasteiger partial charge is 0.493 e. The standard InChI is InChI=1S/C23H26BrNO4/c1-16(2)25(13-12-18-8-6-7-9-19(18)24)22(26)11-10-17-14-20(27-3)23(29-5)21(15-17)28-4/h6-9,14-16H,12-13H2,1-5H3. The minimum absolute atomic E-state index is 0.0410. The van der Waals surface area contributed by atoms with Crippen LogP contribution in [0.2, 0.25) is 0 Å². The van der Waals surface area contributed by atoms with E-state index in [9.17, 15) is 4.79 Å². The van der Waals surface area contributed by atoms with Crippen LogP contribution in [0.5, 0.6) is 17.2 Å². The van der Waals surface area contributed by atoms with Crippen LogP contribution in [0.3, 0.4) is 0 Å². The molecule has 0 N–H and O–H groups in total. The second-order valence-corrected chi connectivity index (χ2v) is 7.45. The fourth-order valence-corrected chi connectivity index (χ4v) is 3.37. The summed E-state index contributed by atoms with van der Waals surface area (Å²) in [6.45, 7) is 4.56. The van der Waals surface area contributed by atoms with E-state index < -0.39 is 0 Å². The van der Waals surface area contributed by atoms with Crippen molar-refractivity contribution in [3.05, 3.63) is 52.0 Å². The summed E-state index contributed by atoms with van der Waals surface area (Å²) in [7, 11) is 4.63. The number of rotatable bonds is 7. The molecule has 0 aliphatic rings. The molecular weight excluding hydrogens is 434 g/mol. The predicted octanol–water partition coefficient (Wildman–Crippen LogP) is 4.31. The number of benzene rings is 2. The second kappa shape index (κ2) is 10.8. The molecule has 0 aliphatic carbocycles. The van der Waals surface area contributed by atoms with Crippen molar-refractivity contribution in [2.24, 2.45) is 0 Å². The zero-order valence-corrected chi connectivity index (χ0v) is 19.0. The molecule has 0 aromatic heterocycles. The van der Waals surface area contributed by atoms with E-state index in [0.717, 1.165) is 16.5 Å². The number of carbonyl (C=O) groups excluding carboxylic acids is 1. The third-order valence-electron chi connectivity index (χ3n) is 4.44. The van der Waals surface area contributed by atoms with Crippen LogP contribution in [0.1, 0.15) is 25.0 Å². The molecule has 0 saturated heterocycles. The van der Waals surface area contributed by atoms with Crippen molar-refractivity contribution < 1.29 is 19.0 Å². The van der Waals surface area contributed by atoms with Crippen LogP contribution in [0.4, 0.5) is 0 Å². The maximum Gasteiger partial charge on any atom is 0.299 e. The van der Waals surface area contributed by atoms with Crippen LogP contribution < -0.4 is 14.2 Å². The molecule has 1 amide bonds. The van der Waals surface area contributed by atoms with Crippen LogP contribution >= 0.6 is 15.9 Å². The average molecular weight is 460 g/mol. The number of hydrogen-bond acceptors (Lipinski definition) is 4. The molecule has 0 aliphatic heterocycles. The first-order valence-electron chi connectivity index (χ1n) is 9.27. The molecule has 2 rings (SSSR count). The number of nitrogens with zero attached hydrogens (tertiary/aromatic N) is 1. The molecule has 29 heavy (non-hydrogen) atoms. The van der Waals surface area contributed by atoms with Crippen molar-refractivity contribution in [3.63, 3.8) is 0 Å². The van der Waals surface area contributed by atoms with Crippen LogP contribution in [0.15, 0.2) is 40.9 Å². The highest BCUT2D eigenvalue weighted by Gasteiger charge is 2.16. The number of ether oxygens (including phenoxy) is 3. The molecule has 0 bridgehead atoms. The van der Waals surface area contributed by atoms with Crippen molar-refractivity contribution >= 4 is 21.8 Å². The minimum Gasteiger partial charge on any atom is -0.493 e. The number of methoxy groups -OCH3 is 3. The first-order chi connectivity index (χ1) is 13.9. The minimum atomic E-state index is -0.221. The van der Waals surface area contributed by atoms with E-state index in [1.807, 2.05) is 32.0 Å². The summed E-state index contributed by atoms with van der Waals surface area (Å²) in [5.41, 5.74) is 1.77. The quantitative estimate of drug-likeness (QED) is 0.578. The van der Waals surface area contributed by atoms with E-state index in [-0.39, 0.29) is 11.9 Å². The Balaban J connectivity index is 2.21. The smallest absolute Gasteiger partial charge is 0.299 e. The fourth-order valence-electron chi connectivity index (χ4n) is 2.89. The van der Waals surface area contributed by atoms with Gasteiger partial charge in [-0.3, -0.25) is 4.79 Å². The summed E-state index contributed by atoms with van der Waals surface area (Å²) in [5.74, 6) is 6.93. The van der Waals surface area contributed by atoms with Crippen molar-refractivity contribution in [3.8, 4) is 29.1 Å². The third-order valence-corrected chi connectivity index (χ3v) is 5.22. The van der Waals surface area contributed by atoms with Gasteiger partial charge in [0.2, 0.25) is 5.75 Å². The van der Waals surface area contributed by atoms with Crippen LogP contribution in [-0.2, 0) is 11.2 Å². The summed E-state index contributed by atoms with van der Waals surface area (Å²) in [5, 5.41) is 0. The van der Waals surface area contributed by atoms with Crippen molar-refractivity contribution in [1.82, 2.24) is 4.90 Å². The molecule has 0 saturated carbocycles. The molecule has 0 atom stereocenters. The van der Waals surface area contributed by atoms with E-state index in [1.54, 1.807) is 38.4 Å². The first-order valence-corrected chi connectivity index (χ1v) is 10.1. The van der Waals surface area contributed by atoms with Gasteiger partial charge in [0, 0.05) is 28.5 Å². The Morgan fingerprint density at radius 1 is 1.07 bits per heavy atom. The number of carbonyl (C=O) groups is 1. The van der Waals surface area contributed by atoms with Gasteiger partial charge in [0.1, 0.15) is 0 Å². The number of halogens is 1. The summed E-state index contributed by atoms with van der Waals surface area (Å²) in [6, 6.07) is 11.5. The molecule has 0 spiro atoms. The molecule has 0 fully saturated rings. The lowest BCUT2D eigenvalue weighted by Gasteiger charge is -2.24. The van der Waals surface area contributed by atoms with E-state index >= 15 is 0 Å². The average Bonchev–Trinajstić information content (AvgIpc) is 2.72. The summed E-state index contributed by atoms with van der Waals surface area (Å²) in [4.78, 5) is 14.5. The number of hydrogen-bond donors (Lipinski definition) is 0. The highest BCUT2D eigenvalue weighted by molar-refractivity contribution is 9.10. The summed E-state index contributed by atoms with van der Waals surface area (Å²) in [6.07, 6.45) is 0.747. The monoisotopic (exact) mass is 459 g/mol. The van der Waals surface area contributed by atoms with Gasteiger partial charge in [-0.15, -0.1) is 0 Å². The first kappa shape index (κ1) is 22.6. The highest BCUT2D eigenvalue weighted by atomic mass is 79.9. The van der Waals surface area contributed by atoms with E-state index in [2.05, 4.69) is 33.8 Å². The van der Waals surface area contributed by atoms with Crippen LogP contribution in [-0.4, -0.2) is 44.7 Å². The van der Waals surface area contributed by atoms with Crippen molar-refractivity contribution in [2.75, 3.05) is 27.9 Å². The molecule has 154 valence electrons. The van der Waals surface area contributed by atoms with Gasteiger partial charge < -0.3 is 19.1 Å². The van der Waals surface area contributed by atoms with Gasteiger partial charge in [-0.25, -0.2) is 0 Å². The second-order valence-electron chi connectivity index (χ2n) is 6.60. The molecule has 0 heterocycles. The lowest BCUT2D eigenvalue weighted by Crippen LogP contribution is -2.37. The topological polar surface area (TPSA) is 48.0 Å². The lowest BCUT2D eigenvalue weighted by molar-refractivity contribution is -0.126. The molecule has 0 unspecified atom stereocenters. The fraction of sp³-hybridized carbons (Fsp3) is 0.348. The Morgan fingerprint density at radius 2 is 1.69 bits per heavy atom. The Bertz CT molecular complexity index is 890. The van der Waals surface area contributed by atoms with Crippen molar-refractivity contribution in [2.45, 2.75) is 26.3 Å². The van der Waals surface area contributed by atoms with Gasteiger partial charge in [-0.2, -0.15) is 0 Å². The molecule has 0 radical (unpaired) electrons. The van der Waals surface area contributed by atoms with Gasteiger partial charge in [0.25, 0.3) is 5.91 Å². The third kappa shape index (κ3) is 5.91. The highest BCUT2D eigenvalue weighted by Crippen LogP contribution is 2.37. The van der Waals surface area contributed by atoms with Gasteiger partial charge in [-0.05, 0) is 44.0 Å². The molecule has 2 aromatic rings. The summed E-state index contributed by atoms with van der Waals surface area (Å²) >= 11 is 3.56. The van der Waals surface area contributed by atoms with Gasteiger partial charge in [-0.1, -0.05) is 40.0 Å². The van der Waals surface area contributed by atoms with Gasteiger partial charge >= 0.3 is 0 Å². The van der Waals surface area contributed by atoms with E-state index in [4.69, 9.17) is 14.2 Å². The zero-order valence-electron chi connectivity index (χ0n) is 17.4. The molecular formula is C23H26BrNO4. The normalized spacial score (nSPS) is 10.2. The van der Waals surface area contributed by atoms with Crippen LogP contribution in [0, 0.1) is 11.8 Å². The predicted molar refractivity (Wildman–Crippen MR) is 118 cm³/mol. The maximum absolute atomic E-state index is 12.7. The Hall–Kier alpha value is -2.65. The molecule has 6 heteroatoms. The van der Waals surface area contributed by atoms with E-state index in [1.165, 1.54) is 0 Å². The van der Waals surface area contributed by atoms with E-state index in [0.29, 0.717) is 29.4 Å². The molecule has 2 aromatic carbocycles. The number of amides is 1. The molecule has 5 nitrogen and oxygen atoms in total. The summed E-state index contributed by atoms with van der Waals surface area (Å²) < 4.78 is 17.0.